The van der Waals surface area contributed by atoms with Crippen molar-refractivity contribution in [3.8, 4) is 0 Å². The van der Waals surface area contributed by atoms with Crippen molar-refractivity contribution < 1.29 is 9.59 Å². The van der Waals surface area contributed by atoms with E-state index in [4.69, 9.17) is 47.0 Å². The Hall–Kier alpha value is -1.09. The number of hydrogen-bond donors (Lipinski definition) is 1. The van der Waals surface area contributed by atoms with Crippen molar-refractivity contribution in [3.05, 3.63) is 54.5 Å². The number of carbonyl (C=O) groups excluding carboxylic acids is 2. The lowest BCUT2D eigenvalue weighted by Crippen LogP contribution is -2.29. The van der Waals surface area contributed by atoms with Crippen LogP contribution in [0.2, 0.25) is 15.1 Å². The molecule has 1 saturated heterocycles. The molecule has 3 rings (SSSR count). The minimum atomic E-state index is -0.153. The first-order valence-corrected chi connectivity index (χ1v) is 12.3. The van der Waals surface area contributed by atoms with Crippen LogP contribution in [0.15, 0.2) is 34.6 Å². The summed E-state index contributed by atoms with van der Waals surface area (Å²) in [5.74, 6) is -0.204. The molecule has 0 atom stereocenters. The van der Waals surface area contributed by atoms with Gasteiger partial charge in [0.15, 0.2) is 0 Å². The Kier molecular flexibility index (Phi) is 8.62. The Morgan fingerprint density at radius 1 is 1.13 bits per heavy atom. The van der Waals surface area contributed by atoms with E-state index >= 15 is 0 Å². The third-order valence-corrected chi connectivity index (χ3v) is 7.49. The molecule has 0 aliphatic carbocycles. The number of rotatable bonds is 8. The summed E-state index contributed by atoms with van der Waals surface area (Å²) in [6.07, 6.45) is 4.46. The van der Waals surface area contributed by atoms with Crippen LogP contribution in [-0.2, 0) is 9.59 Å². The molecular formula is C20H17Cl3N2O2S3. The number of unbranched alkanes of at least 4 members (excludes halogenated alkanes) is 2. The molecule has 2 amide bonds. The molecular weight excluding hydrogens is 503 g/mol. The maximum Gasteiger partial charge on any atom is 0.266 e. The molecule has 2 heterocycles. The molecule has 2 aromatic rings. The van der Waals surface area contributed by atoms with Crippen LogP contribution in [0.5, 0.6) is 0 Å². The van der Waals surface area contributed by atoms with E-state index in [0.717, 1.165) is 17.7 Å². The van der Waals surface area contributed by atoms with Gasteiger partial charge >= 0.3 is 0 Å². The molecule has 30 heavy (non-hydrogen) atoms. The summed E-state index contributed by atoms with van der Waals surface area (Å²) in [5, 5.41) is 5.71. The van der Waals surface area contributed by atoms with Gasteiger partial charge in [-0.2, -0.15) is 0 Å². The summed E-state index contributed by atoms with van der Waals surface area (Å²) in [6.45, 7) is 0.548. The normalized spacial score (nSPS) is 15.3. The van der Waals surface area contributed by atoms with Crippen LogP contribution in [0.4, 0.5) is 5.69 Å². The molecule has 158 valence electrons. The summed E-state index contributed by atoms with van der Waals surface area (Å²) < 4.78 is 0.579. The highest BCUT2D eigenvalue weighted by Crippen LogP contribution is 2.34. The van der Waals surface area contributed by atoms with E-state index in [0.29, 0.717) is 49.4 Å². The fourth-order valence-corrected chi connectivity index (χ4v) is 5.38. The van der Waals surface area contributed by atoms with Crippen LogP contribution in [-0.4, -0.2) is 27.6 Å². The Balaban J connectivity index is 1.41. The average Bonchev–Trinajstić information content (AvgIpc) is 3.29. The predicted molar refractivity (Wildman–Crippen MR) is 133 cm³/mol. The van der Waals surface area contributed by atoms with Gasteiger partial charge < -0.3 is 5.32 Å². The van der Waals surface area contributed by atoms with E-state index in [2.05, 4.69) is 5.32 Å². The molecule has 10 heteroatoms. The standard InChI is InChI=1S/C20H17Cl3N2O2S3/c21-13-10-15(23)16(11-14(13)22)24-18(26)6-2-1-3-7-25-19(27)17(30-20(25)28)9-12-5-4-8-29-12/h4-5,8-11H,1-3,6-7H2,(H,24,26)/b17-9+. The third-order valence-electron chi connectivity index (χ3n) is 4.26. The topological polar surface area (TPSA) is 49.4 Å². The zero-order valence-corrected chi connectivity index (χ0v) is 20.3. The zero-order valence-electron chi connectivity index (χ0n) is 15.6. The van der Waals surface area contributed by atoms with Crippen LogP contribution in [0.25, 0.3) is 6.08 Å². The maximum atomic E-state index is 12.6. The molecule has 1 aromatic heterocycles. The van der Waals surface area contributed by atoms with Crippen molar-refractivity contribution in [1.29, 1.82) is 0 Å². The molecule has 1 fully saturated rings. The van der Waals surface area contributed by atoms with Crippen LogP contribution in [0.1, 0.15) is 30.6 Å². The zero-order chi connectivity index (χ0) is 21.7. The van der Waals surface area contributed by atoms with Gasteiger partial charge in [-0.25, -0.2) is 0 Å². The first-order chi connectivity index (χ1) is 14.3. The van der Waals surface area contributed by atoms with Gasteiger partial charge in [-0.05, 0) is 42.5 Å². The Labute approximate surface area is 203 Å². The largest absolute Gasteiger partial charge is 0.325 e. The van der Waals surface area contributed by atoms with Crippen molar-refractivity contribution >= 4 is 98.0 Å². The Morgan fingerprint density at radius 3 is 2.63 bits per heavy atom. The molecule has 1 aliphatic heterocycles. The molecule has 1 aliphatic rings. The van der Waals surface area contributed by atoms with Crippen LogP contribution in [0, 0.1) is 0 Å². The molecule has 0 radical (unpaired) electrons. The third kappa shape index (κ3) is 6.22. The van der Waals surface area contributed by atoms with Crippen molar-refractivity contribution in [2.45, 2.75) is 25.7 Å². The lowest BCUT2D eigenvalue weighted by molar-refractivity contribution is -0.122. The first kappa shape index (κ1) is 23.6. The maximum absolute atomic E-state index is 12.6. The summed E-state index contributed by atoms with van der Waals surface area (Å²) in [7, 11) is 0. The molecule has 4 nitrogen and oxygen atoms in total. The number of anilines is 1. The van der Waals surface area contributed by atoms with Crippen molar-refractivity contribution in [2.24, 2.45) is 0 Å². The van der Waals surface area contributed by atoms with Gasteiger partial charge in [0.25, 0.3) is 5.91 Å². The number of thioether (sulfide) groups is 1. The number of nitrogens with zero attached hydrogens (tertiary/aromatic N) is 1. The molecule has 0 bridgehead atoms. The van der Waals surface area contributed by atoms with E-state index < -0.39 is 0 Å². The molecule has 1 N–H and O–H groups in total. The second kappa shape index (κ2) is 11.0. The average molecular weight is 520 g/mol. The fraction of sp³-hybridized carbons (Fsp3) is 0.250. The molecule has 0 unspecified atom stereocenters. The predicted octanol–water partition coefficient (Wildman–Crippen LogP) is 7.11. The number of thiocarbonyl (C=S) groups is 1. The van der Waals surface area contributed by atoms with Gasteiger partial charge in [0.2, 0.25) is 5.91 Å². The van der Waals surface area contributed by atoms with E-state index in [-0.39, 0.29) is 11.8 Å². The highest BCUT2D eigenvalue weighted by Gasteiger charge is 2.31. The minimum Gasteiger partial charge on any atom is -0.325 e. The highest BCUT2D eigenvalue weighted by atomic mass is 35.5. The molecule has 0 saturated carbocycles. The van der Waals surface area contributed by atoms with Gasteiger partial charge in [0.1, 0.15) is 4.32 Å². The molecule has 1 aromatic carbocycles. The summed E-state index contributed by atoms with van der Waals surface area (Å²) in [6, 6.07) is 6.94. The minimum absolute atomic E-state index is 0.0506. The highest BCUT2D eigenvalue weighted by molar-refractivity contribution is 8.26. The number of nitrogens with one attached hydrogen (secondary N) is 1. The van der Waals surface area contributed by atoms with E-state index in [1.165, 1.54) is 23.9 Å². The van der Waals surface area contributed by atoms with Gasteiger partial charge in [0, 0.05) is 17.8 Å². The van der Waals surface area contributed by atoms with Gasteiger partial charge in [-0.15, -0.1) is 11.3 Å². The lowest BCUT2D eigenvalue weighted by atomic mass is 10.1. The fourth-order valence-electron chi connectivity index (χ4n) is 2.76. The van der Waals surface area contributed by atoms with Crippen LogP contribution in [0.3, 0.4) is 0 Å². The second-order valence-electron chi connectivity index (χ2n) is 6.45. The number of benzene rings is 1. The Morgan fingerprint density at radius 2 is 1.90 bits per heavy atom. The number of amides is 2. The number of halogens is 3. The van der Waals surface area contributed by atoms with Gasteiger partial charge in [-0.1, -0.05) is 71.3 Å². The Bertz CT molecular complexity index is 993. The van der Waals surface area contributed by atoms with Crippen molar-refractivity contribution in [3.63, 3.8) is 0 Å². The van der Waals surface area contributed by atoms with E-state index in [1.54, 1.807) is 16.2 Å². The second-order valence-corrected chi connectivity index (χ2v) is 10.3. The number of thiophene rings is 1. The van der Waals surface area contributed by atoms with Crippen molar-refractivity contribution in [1.82, 2.24) is 4.90 Å². The lowest BCUT2D eigenvalue weighted by Gasteiger charge is -2.14. The quantitative estimate of drug-likeness (QED) is 0.175. The molecule has 0 spiro atoms. The number of carbonyl (C=O) groups is 2. The smallest absolute Gasteiger partial charge is 0.266 e. The summed E-state index contributed by atoms with van der Waals surface area (Å²) in [4.78, 5) is 28.0. The van der Waals surface area contributed by atoms with E-state index in [1.807, 2.05) is 23.6 Å². The van der Waals surface area contributed by atoms with Gasteiger partial charge in [0.05, 0.1) is 25.7 Å². The van der Waals surface area contributed by atoms with Gasteiger partial charge in [-0.3, -0.25) is 14.5 Å². The van der Waals surface area contributed by atoms with Crippen LogP contribution < -0.4 is 5.32 Å². The van der Waals surface area contributed by atoms with Crippen molar-refractivity contribution in [2.75, 3.05) is 11.9 Å². The first-order valence-electron chi connectivity index (χ1n) is 9.08. The SMILES string of the molecule is O=C(CCCCCN1C(=O)/C(=C\c2cccs2)SC1=S)Nc1cc(Cl)c(Cl)cc1Cl. The van der Waals surface area contributed by atoms with E-state index in [9.17, 15) is 9.59 Å². The summed E-state index contributed by atoms with van der Waals surface area (Å²) in [5.41, 5.74) is 0.436. The number of hydrogen-bond acceptors (Lipinski definition) is 5. The monoisotopic (exact) mass is 518 g/mol. The summed E-state index contributed by atoms with van der Waals surface area (Å²) >= 11 is 26.2. The van der Waals surface area contributed by atoms with Crippen LogP contribution >= 0.6 is 70.1 Å².